The Balaban J connectivity index is 1.97. The molecule has 3 aromatic rings. The highest BCUT2D eigenvalue weighted by Crippen LogP contribution is 2.27. The zero-order valence-electron chi connectivity index (χ0n) is 12.0. The van der Waals surface area contributed by atoms with Gasteiger partial charge in [-0.3, -0.25) is 0 Å². The molecule has 0 fully saturated rings. The Bertz CT molecular complexity index is 921. The first kappa shape index (κ1) is 15.1. The fourth-order valence-electron chi connectivity index (χ4n) is 2.22. The van der Waals surface area contributed by atoms with Crippen molar-refractivity contribution in [2.24, 2.45) is 0 Å². The van der Waals surface area contributed by atoms with Gasteiger partial charge in [0.1, 0.15) is 17.3 Å². The Kier molecular flexibility index (Phi) is 4.27. The minimum Gasteiger partial charge on any atom is -0.457 e. The van der Waals surface area contributed by atoms with Gasteiger partial charge in [0.25, 0.3) is 0 Å². The molecule has 0 atom stereocenters. The van der Waals surface area contributed by atoms with E-state index in [-0.39, 0.29) is 11.1 Å². The van der Waals surface area contributed by atoms with Crippen LogP contribution in [-0.4, -0.2) is 0 Å². The first-order valence-electron chi connectivity index (χ1n) is 6.90. The number of allylic oxidation sites excluding steroid dienone is 1. The Hall–Kier alpha value is -2.83. The molecule has 2 nitrogen and oxygen atoms in total. The monoisotopic (exact) mass is 323 g/mol. The molecule has 23 heavy (non-hydrogen) atoms. The van der Waals surface area contributed by atoms with Crippen molar-refractivity contribution in [3.8, 4) is 17.4 Å². The van der Waals surface area contributed by atoms with Crippen LogP contribution in [0, 0.1) is 17.1 Å². The second-order valence-corrected chi connectivity index (χ2v) is 5.30. The van der Waals surface area contributed by atoms with E-state index >= 15 is 0 Å². The van der Waals surface area contributed by atoms with Crippen LogP contribution >= 0.6 is 11.6 Å². The van der Waals surface area contributed by atoms with Crippen molar-refractivity contribution in [2.75, 3.05) is 0 Å². The zero-order chi connectivity index (χ0) is 16.2. The third kappa shape index (κ3) is 3.33. The SMILES string of the molecule is N#C/C(=C/c1ccc(-c2cccc(Cl)c2)o1)c1ccccc1F. The third-order valence-electron chi connectivity index (χ3n) is 3.31. The fourth-order valence-corrected chi connectivity index (χ4v) is 2.41. The highest BCUT2D eigenvalue weighted by molar-refractivity contribution is 6.30. The Morgan fingerprint density at radius 1 is 1.09 bits per heavy atom. The van der Waals surface area contributed by atoms with E-state index in [9.17, 15) is 9.65 Å². The first-order valence-corrected chi connectivity index (χ1v) is 7.27. The van der Waals surface area contributed by atoms with Crippen molar-refractivity contribution >= 4 is 23.3 Å². The lowest BCUT2D eigenvalue weighted by atomic mass is 10.1. The lowest BCUT2D eigenvalue weighted by Gasteiger charge is -2.00. The molecule has 3 rings (SSSR count). The van der Waals surface area contributed by atoms with E-state index in [4.69, 9.17) is 16.0 Å². The predicted molar refractivity (Wildman–Crippen MR) is 89.0 cm³/mol. The van der Waals surface area contributed by atoms with Crippen LogP contribution in [0.25, 0.3) is 23.0 Å². The molecule has 0 aliphatic carbocycles. The van der Waals surface area contributed by atoms with Gasteiger partial charge in [-0.25, -0.2) is 4.39 Å². The second kappa shape index (κ2) is 6.51. The van der Waals surface area contributed by atoms with Crippen LogP contribution in [0.4, 0.5) is 4.39 Å². The van der Waals surface area contributed by atoms with Crippen molar-refractivity contribution in [1.82, 2.24) is 0 Å². The Morgan fingerprint density at radius 3 is 2.65 bits per heavy atom. The molecule has 0 aliphatic heterocycles. The van der Waals surface area contributed by atoms with E-state index < -0.39 is 5.82 Å². The van der Waals surface area contributed by atoms with Gasteiger partial charge in [0.05, 0.1) is 11.6 Å². The Labute approximate surface area is 138 Å². The van der Waals surface area contributed by atoms with Crippen LogP contribution in [0.3, 0.4) is 0 Å². The maximum Gasteiger partial charge on any atom is 0.134 e. The number of rotatable bonds is 3. The normalized spacial score (nSPS) is 11.3. The van der Waals surface area contributed by atoms with Crippen molar-refractivity contribution in [1.29, 1.82) is 5.26 Å². The molecule has 0 radical (unpaired) electrons. The van der Waals surface area contributed by atoms with E-state index in [1.165, 1.54) is 12.1 Å². The average molecular weight is 324 g/mol. The molecule has 0 unspecified atom stereocenters. The number of hydrogen-bond acceptors (Lipinski definition) is 2. The number of benzene rings is 2. The van der Waals surface area contributed by atoms with Crippen LogP contribution in [0.1, 0.15) is 11.3 Å². The summed E-state index contributed by atoms with van der Waals surface area (Å²) in [6.07, 6.45) is 1.52. The van der Waals surface area contributed by atoms with E-state index in [0.717, 1.165) is 5.56 Å². The van der Waals surface area contributed by atoms with Gasteiger partial charge in [0, 0.05) is 16.1 Å². The molecular formula is C19H11ClFNO. The van der Waals surface area contributed by atoms with Gasteiger partial charge in [0.15, 0.2) is 0 Å². The molecule has 0 spiro atoms. The molecule has 1 heterocycles. The quantitative estimate of drug-likeness (QED) is 0.571. The van der Waals surface area contributed by atoms with Crippen molar-refractivity contribution in [3.05, 3.63) is 82.8 Å². The summed E-state index contributed by atoms with van der Waals surface area (Å²) in [7, 11) is 0. The average Bonchev–Trinajstić information content (AvgIpc) is 3.02. The van der Waals surface area contributed by atoms with Gasteiger partial charge in [-0.1, -0.05) is 41.9 Å². The summed E-state index contributed by atoms with van der Waals surface area (Å²) in [5, 5.41) is 9.89. The van der Waals surface area contributed by atoms with Gasteiger partial charge < -0.3 is 4.42 Å². The van der Waals surface area contributed by atoms with Gasteiger partial charge in [-0.15, -0.1) is 0 Å². The summed E-state index contributed by atoms with van der Waals surface area (Å²) in [4.78, 5) is 0. The number of hydrogen-bond donors (Lipinski definition) is 0. The summed E-state index contributed by atoms with van der Waals surface area (Å²) in [5.74, 6) is 0.659. The van der Waals surface area contributed by atoms with Crippen LogP contribution in [0.5, 0.6) is 0 Å². The van der Waals surface area contributed by atoms with Gasteiger partial charge in [-0.05, 0) is 36.4 Å². The highest BCUT2D eigenvalue weighted by atomic mass is 35.5. The van der Waals surface area contributed by atoms with Crippen LogP contribution in [0.2, 0.25) is 5.02 Å². The van der Waals surface area contributed by atoms with Gasteiger partial charge in [0.2, 0.25) is 0 Å². The lowest BCUT2D eigenvalue weighted by Crippen LogP contribution is -1.86. The van der Waals surface area contributed by atoms with Gasteiger partial charge >= 0.3 is 0 Å². The van der Waals surface area contributed by atoms with Crippen molar-refractivity contribution in [2.45, 2.75) is 0 Å². The molecule has 112 valence electrons. The van der Waals surface area contributed by atoms with Crippen molar-refractivity contribution < 1.29 is 8.81 Å². The van der Waals surface area contributed by atoms with E-state index in [2.05, 4.69) is 0 Å². The molecular weight excluding hydrogens is 313 g/mol. The molecule has 2 aromatic carbocycles. The molecule has 0 saturated carbocycles. The maximum absolute atomic E-state index is 13.8. The summed E-state index contributed by atoms with van der Waals surface area (Å²) in [6, 6.07) is 18.9. The van der Waals surface area contributed by atoms with Crippen LogP contribution < -0.4 is 0 Å². The van der Waals surface area contributed by atoms with Crippen molar-refractivity contribution in [3.63, 3.8) is 0 Å². The second-order valence-electron chi connectivity index (χ2n) is 4.86. The minimum atomic E-state index is -0.443. The summed E-state index contributed by atoms with van der Waals surface area (Å²) in [6.45, 7) is 0. The summed E-state index contributed by atoms with van der Waals surface area (Å²) in [5.41, 5.74) is 1.28. The molecule has 1 aromatic heterocycles. The molecule has 0 saturated heterocycles. The Morgan fingerprint density at radius 2 is 1.91 bits per heavy atom. The third-order valence-corrected chi connectivity index (χ3v) is 3.54. The molecule has 0 aliphatic rings. The lowest BCUT2D eigenvalue weighted by molar-refractivity contribution is 0.572. The molecule has 0 bridgehead atoms. The van der Waals surface area contributed by atoms with E-state index in [0.29, 0.717) is 16.5 Å². The summed E-state index contributed by atoms with van der Waals surface area (Å²) < 4.78 is 19.5. The van der Waals surface area contributed by atoms with Gasteiger partial charge in [-0.2, -0.15) is 5.26 Å². The zero-order valence-corrected chi connectivity index (χ0v) is 12.7. The smallest absolute Gasteiger partial charge is 0.134 e. The van der Waals surface area contributed by atoms with E-state index in [1.54, 1.807) is 42.5 Å². The maximum atomic E-state index is 13.8. The summed E-state index contributed by atoms with van der Waals surface area (Å²) >= 11 is 5.97. The van der Waals surface area contributed by atoms with Crippen LogP contribution in [-0.2, 0) is 0 Å². The number of nitriles is 1. The predicted octanol–water partition coefficient (Wildman–Crippen LogP) is 5.80. The highest BCUT2D eigenvalue weighted by Gasteiger charge is 2.09. The number of halogens is 2. The number of nitrogens with zero attached hydrogens (tertiary/aromatic N) is 1. The fraction of sp³-hybridized carbons (Fsp3) is 0. The molecule has 0 N–H and O–H groups in total. The minimum absolute atomic E-state index is 0.204. The largest absolute Gasteiger partial charge is 0.457 e. The van der Waals surface area contributed by atoms with E-state index in [1.807, 2.05) is 18.2 Å². The number of furan rings is 1. The first-order chi connectivity index (χ1) is 11.2. The molecule has 0 amide bonds. The van der Waals surface area contributed by atoms with Crippen LogP contribution in [0.15, 0.2) is 65.1 Å². The molecule has 4 heteroatoms. The topological polar surface area (TPSA) is 36.9 Å². The standard InChI is InChI=1S/C19H11ClFNO/c20-15-5-3-4-13(10-15)19-9-8-16(23-19)11-14(12-22)17-6-1-2-7-18(17)21/h1-11H/b14-11-.